The number of ether oxygens (including phenoxy) is 1. The van der Waals surface area contributed by atoms with Crippen molar-refractivity contribution in [2.45, 2.75) is 18.7 Å². The van der Waals surface area contributed by atoms with Crippen LogP contribution in [0.5, 0.6) is 5.75 Å². The first-order chi connectivity index (χ1) is 11.1. The van der Waals surface area contributed by atoms with Gasteiger partial charge in [0, 0.05) is 0 Å². The molecule has 2 rings (SSSR count). The smallest absolute Gasteiger partial charge is 0.336 e. The Kier molecular flexibility index (Phi) is 9.14. The fourth-order valence-corrected chi connectivity index (χ4v) is 1.87. The van der Waals surface area contributed by atoms with Crippen molar-refractivity contribution in [3.8, 4) is 5.75 Å². The largest absolute Gasteiger partial charge is 0.744 e. The van der Waals surface area contributed by atoms with E-state index >= 15 is 0 Å². The summed E-state index contributed by atoms with van der Waals surface area (Å²) in [6, 6.07) is 13.6. The van der Waals surface area contributed by atoms with Crippen LogP contribution >= 0.6 is 0 Å². The average molecular weight is 353 g/mol. The van der Waals surface area contributed by atoms with Gasteiger partial charge in [0.05, 0.1) is 12.0 Å². The number of aryl methyl sites for hydroxylation is 2. The summed E-state index contributed by atoms with van der Waals surface area (Å²) in [7, 11) is -2.87. The van der Waals surface area contributed by atoms with Gasteiger partial charge in [-0.3, -0.25) is 16.9 Å². The molecule has 0 aliphatic heterocycles. The zero-order valence-electron chi connectivity index (χ0n) is 13.9. The molecule has 24 heavy (non-hydrogen) atoms. The topological polar surface area (TPSA) is 144 Å². The van der Waals surface area contributed by atoms with Crippen LogP contribution in [0.15, 0.2) is 53.4 Å². The van der Waals surface area contributed by atoms with E-state index in [0.29, 0.717) is 5.75 Å². The van der Waals surface area contributed by atoms with Crippen molar-refractivity contribution in [2.75, 3.05) is 7.11 Å². The summed E-state index contributed by atoms with van der Waals surface area (Å²) in [4.78, 5) is -0.247. The third-order valence-corrected chi connectivity index (χ3v) is 3.62. The molecule has 2 aromatic carbocycles. The lowest BCUT2D eigenvalue weighted by Gasteiger charge is -2.06. The van der Waals surface area contributed by atoms with Crippen LogP contribution in [0, 0.1) is 13.8 Å². The molecule has 6 N–H and O–H groups in total. The zero-order valence-corrected chi connectivity index (χ0v) is 14.7. The highest BCUT2D eigenvalue weighted by atomic mass is 32.2. The second-order valence-electron chi connectivity index (χ2n) is 4.71. The Morgan fingerprint density at radius 2 is 1.38 bits per heavy atom. The minimum atomic E-state index is -4.33. The predicted molar refractivity (Wildman–Crippen MR) is 92.2 cm³/mol. The van der Waals surface area contributed by atoms with Gasteiger partial charge in [0.25, 0.3) is 0 Å². The van der Waals surface area contributed by atoms with Crippen LogP contribution in [-0.2, 0) is 10.1 Å². The maximum absolute atomic E-state index is 10.4. The highest BCUT2D eigenvalue weighted by molar-refractivity contribution is 7.85. The summed E-state index contributed by atoms with van der Waals surface area (Å²) in [5.74, 6) is 0.433. The standard InChI is InChI=1S/C8H10.C7H8O4S.CH5N3/c1-7-5-3-4-6-8(7)2;1-11-6-2-4-7(5-3-6)12(8,9)10;2-1(3)4/h3-6H,1-2H3;2-5H,1H3,(H,8,9,10);(H5,2,3,4). The predicted octanol–water partition coefficient (Wildman–Crippen LogP) is -0.0784. The lowest BCUT2D eigenvalue weighted by molar-refractivity contribution is -0.116. The van der Waals surface area contributed by atoms with Crippen molar-refractivity contribution in [3.63, 3.8) is 0 Å². The molecule has 0 radical (unpaired) electrons. The molecule has 0 saturated heterocycles. The van der Waals surface area contributed by atoms with Crippen molar-refractivity contribution in [3.05, 3.63) is 59.7 Å². The molecule has 0 atom stereocenters. The summed E-state index contributed by atoms with van der Waals surface area (Å²) in [6.07, 6.45) is 0. The van der Waals surface area contributed by atoms with Crippen LogP contribution in [0.3, 0.4) is 0 Å². The third kappa shape index (κ3) is 9.44. The number of nitrogens with two attached hydrogens (primary N) is 3. The molecule has 0 aliphatic carbocycles. The van der Waals surface area contributed by atoms with E-state index in [1.54, 1.807) is 0 Å². The molecule has 0 amide bonds. The summed E-state index contributed by atoms with van der Waals surface area (Å²) in [6.45, 7) is 4.24. The zero-order chi connectivity index (χ0) is 18.8. The molecule has 0 heterocycles. The molecule has 7 nitrogen and oxygen atoms in total. The maximum Gasteiger partial charge on any atom is 0.336 e. The summed E-state index contributed by atoms with van der Waals surface area (Å²) < 4.78 is 36.1. The first-order valence-electron chi connectivity index (χ1n) is 6.83. The Balaban J connectivity index is 0.000000379. The minimum Gasteiger partial charge on any atom is -0.744 e. The van der Waals surface area contributed by atoms with E-state index in [9.17, 15) is 13.0 Å². The van der Waals surface area contributed by atoms with Crippen LogP contribution in [0.25, 0.3) is 0 Å². The van der Waals surface area contributed by atoms with Gasteiger partial charge in [0.2, 0.25) is 0 Å². The van der Waals surface area contributed by atoms with E-state index in [2.05, 4.69) is 55.0 Å². The molecule has 0 bridgehead atoms. The second-order valence-corrected chi connectivity index (χ2v) is 6.09. The number of hydrogen-bond acceptors (Lipinski definition) is 4. The van der Waals surface area contributed by atoms with Crippen molar-refractivity contribution in [1.82, 2.24) is 0 Å². The number of guanidine groups is 1. The number of rotatable bonds is 2. The summed E-state index contributed by atoms with van der Waals surface area (Å²) in [5, 5.41) is 4.58. The Hall–Kier alpha value is -2.58. The van der Waals surface area contributed by atoms with Gasteiger partial charge in [0.15, 0.2) is 0 Å². The fourth-order valence-electron chi connectivity index (χ4n) is 1.41. The maximum atomic E-state index is 10.4. The lowest BCUT2D eigenvalue weighted by atomic mass is 10.1. The molecule has 0 fully saturated rings. The van der Waals surface area contributed by atoms with Crippen molar-refractivity contribution < 1.29 is 23.1 Å². The van der Waals surface area contributed by atoms with Gasteiger partial charge in [-0.15, -0.1) is 0 Å². The summed E-state index contributed by atoms with van der Waals surface area (Å²) >= 11 is 0. The molecule has 132 valence electrons. The van der Waals surface area contributed by atoms with Gasteiger partial charge in [0.1, 0.15) is 15.9 Å². The third-order valence-electron chi connectivity index (χ3n) is 2.77. The highest BCUT2D eigenvalue weighted by Crippen LogP contribution is 2.14. The lowest BCUT2D eigenvalue weighted by Crippen LogP contribution is -2.51. The van der Waals surface area contributed by atoms with Crippen LogP contribution in [0.1, 0.15) is 11.1 Å². The average Bonchev–Trinajstić information content (AvgIpc) is 2.49. The molecule has 0 aromatic heterocycles. The van der Waals surface area contributed by atoms with E-state index in [1.807, 2.05) is 0 Å². The fraction of sp³-hybridized carbons (Fsp3) is 0.188. The van der Waals surface area contributed by atoms with Gasteiger partial charge in [-0.2, -0.15) is 0 Å². The SMILES string of the molecule is COc1ccc(S(=O)(=O)[O-])cc1.Cc1ccccc1C.NC(N)=[NH2+]. The monoisotopic (exact) mass is 353 g/mol. The van der Waals surface area contributed by atoms with Crippen molar-refractivity contribution in [1.29, 1.82) is 0 Å². The molecule has 0 unspecified atom stereocenters. The van der Waals surface area contributed by atoms with Crippen molar-refractivity contribution >= 4 is 16.1 Å². The number of benzene rings is 2. The molecule has 8 heteroatoms. The van der Waals surface area contributed by atoms with E-state index in [-0.39, 0.29) is 10.9 Å². The van der Waals surface area contributed by atoms with Gasteiger partial charge >= 0.3 is 5.96 Å². The summed E-state index contributed by atoms with van der Waals surface area (Å²) in [5.41, 5.74) is 11.9. The van der Waals surface area contributed by atoms with Crippen LogP contribution in [0.2, 0.25) is 0 Å². The second kappa shape index (κ2) is 10.2. The number of methoxy groups -OCH3 is 1. The molecular weight excluding hydrogens is 330 g/mol. The van der Waals surface area contributed by atoms with Gasteiger partial charge in [-0.05, 0) is 49.2 Å². The van der Waals surface area contributed by atoms with Gasteiger partial charge in [-0.25, -0.2) is 8.42 Å². The van der Waals surface area contributed by atoms with E-state index in [1.165, 1.54) is 42.5 Å². The molecule has 2 aromatic rings. The Labute approximate surface area is 142 Å². The van der Waals surface area contributed by atoms with E-state index in [4.69, 9.17) is 4.74 Å². The number of hydrogen-bond donors (Lipinski definition) is 3. The van der Waals surface area contributed by atoms with Crippen molar-refractivity contribution in [2.24, 2.45) is 11.5 Å². The Bertz CT molecular complexity index is 719. The molecule has 0 saturated carbocycles. The Morgan fingerprint density at radius 1 is 1.00 bits per heavy atom. The molecular formula is C16H23N3O4S. The van der Waals surface area contributed by atoms with Gasteiger partial charge < -0.3 is 9.29 Å². The highest BCUT2D eigenvalue weighted by Gasteiger charge is 1.99. The van der Waals surface area contributed by atoms with E-state index in [0.717, 1.165) is 0 Å². The normalized spacial score (nSPS) is 9.67. The Morgan fingerprint density at radius 3 is 1.62 bits per heavy atom. The van der Waals surface area contributed by atoms with E-state index < -0.39 is 10.1 Å². The molecule has 0 aliphatic rings. The van der Waals surface area contributed by atoms with Crippen LogP contribution in [0.4, 0.5) is 0 Å². The van der Waals surface area contributed by atoms with Gasteiger partial charge in [-0.1, -0.05) is 24.3 Å². The first-order valence-corrected chi connectivity index (χ1v) is 8.24. The van der Waals surface area contributed by atoms with Crippen LogP contribution in [-0.4, -0.2) is 26.0 Å². The first kappa shape index (κ1) is 21.4. The van der Waals surface area contributed by atoms with Crippen LogP contribution < -0.4 is 21.6 Å². The quantitative estimate of drug-likeness (QED) is 0.391. The minimum absolute atomic E-state index is 0.0833. The molecule has 0 spiro atoms.